The van der Waals surface area contributed by atoms with Gasteiger partial charge >= 0.3 is 0 Å². The smallest absolute Gasteiger partial charge is 0.287 e. The minimum Gasteiger partial charge on any atom is -0.359 e. The Balaban J connectivity index is 2.76. The molecule has 1 aromatic rings. The van der Waals surface area contributed by atoms with Crippen molar-refractivity contribution in [3.8, 4) is 0 Å². The van der Waals surface area contributed by atoms with Crippen LogP contribution in [-0.2, 0) is 0 Å². The number of nitrogens with two attached hydrogens (primary N) is 1. The molecule has 0 saturated heterocycles. The summed E-state index contributed by atoms with van der Waals surface area (Å²) in [6, 6.07) is 3.10. The summed E-state index contributed by atoms with van der Waals surface area (Å²) in [6.07, 6.45) is 1.27. The van der Waals surface area contributed by atoms with Gasteiger partial charge in [-0.25, -0.2) is 4.98 Å². The molecule has 1 heterocycles. The van der Waals surface area contributed by atoms with Crippen molar-refractivity contribution in [3.63, 3.8) is 0 Å². The zero-order valence-corrected chi connectivity index (χ0v) is 10.4. The molecule has 0 radical (unpaired) electrons. The van der Waals surface area contributed by atoms with Crippen LogP contribution in [0.5, 0.6) is 0 Å². The minimum atomic E-state index is -0.458. The average molecular weight is 238 g/mol. The van der Waals surface area contributed by atoms with E-state index in [-0.39, 0.29) is 11.1 Å². The fourth-order valence-electron chi connectivity index (χ4n) is 1.50. The monoisotopic (exact) mass is 238 g/mol. The first-order valence-electron chi connectivity index (χ1n) is 5.37. The third-order valence-corrected chi connectivity index (χ3v) is 2.55. The molecule has 0 aliphatic heterocycles. The van der Waals surface area contributed by atoms with Gasteiger partial charge in [0.25, 0.3) is 5.69 Å². The van der Waals surface area contributed by atoms with Crippen molar-refractivity contribution >= 4 is 11.5 Å². The number of anilines is 1. The van der Waals surface area contributed by atoms with Gasteiger partial charge in [-0.2, -0.15) is 0 Å². The first-order chi connectivity index (χ1) is 7.85. The summed E-state index contributed by atoms with van der Waals surface area (Å²) in [7, 11) is 1.89. The maximum absolute atomic E-state index is 10.5. The lowest BCUT2D eigenvalue weighted by molar-refractivity contribution is -0.385. The Morgan fingerprint density at radius 3 is 2.59 bits per heavy atom. The molecule has 1 aromatic heterocycles. The van der Waals surface area contributed by atoms with Gasteiger partial charge in [-0.3, -0.25) is 10.1 Å². The van der Waals surface area contributed by atoms with E-state index in [4.69, 9.17) is 5.73 Å². The first kappa shape index (κ1) is 13.4. The number of hydrogen-bond donors (Lipinski definition) is 1. The van der Waals surface area contributed by atoms with Crippen LogP contribution in [0, 0.1) is 15.5 Å². The normalized spacial score (nSPS) is 11.3. The van der Waals surface area contributed by atoms with Crippen LogP contribution >= 0.6 is 0 Å². The highest BCUT2D eigenvalue weighted by Crippen LogP contribution is 2.19. The molecule has 0 fully saturated rings. The molecule has 1 rings (SSSR count). The van der Waals surface area contributed by atoms with Gasteiger partial charge in [-0.05, 0) is 18.0 Å². The topological polar surface area (TPSA) is 85.3 Å². The molecule has 0 atom stereocenters. The number of nitrogens with zero attached hydrogens (tertiary/aromatic N) is 3. The molecule has 94 valence electrons. The lowest BCUT2D eigenvalue weighted by atomic mass is 9.93. The number of pyridine rings is 1. The van der Waals surface area contributed by atoms with Gasteiger partial charge in [0.15, 0.2) is 0 Å². The standard InChI is InChI=1S/C11H18N4O2/c1-11(2,7-12)8-14(3)10-5-4-9(6-13-10)15(16)17/h4-6H,7-8,12H2,1-3H3. The Hall–Kier alpha value is -1.69. The van der Waals surface area contributed by atoms with Gasteiger partial charge in [-0.15, -0.1) is 0 Å². The second kappa shape index (κ2) is 5.09. The molecule has 0 saturated carbocycles. The number of hydrogen-bond acceptors (Lipinski definition) is 5. The molecule has 0 spiro atoms. The van der Waals surface area contributed by atoms with E-state index in [1.165, 1.54) is 12.3 Å². The first-order valence-corrected chi connectivity index (χ1v) is 5.37. The quantitative estimate of drug-likeness (QED) is 0.619. The maximum Gasteiger partial charge on any atom is 0.287 e. The van der Waals surface area contributed by atoms with E-state index >= 15 is 0 Å². The lowest BCUT2D eigenvalue weighted by Gasteiger charge is -2.29. The van der Waals surface area contributed by atoms with E-state index in [0.29, 0.717) is 12.4 Å². The summed E-state index contributed by atoms with van der Waals surface area (Å²) >= 11 is 0. The van der Waals surface area contributed by atoms with Crippen molar-refractivity contribution < 1.29 is 4.92 Å². The SMILES string of the molecule is CN(CC(C)(C)CN)c1ccc([N+](=O)[O-])cn1. The van der Waals surface area contributed by atoms with Crippen LogP contribution in [0.15, 0.2) is 18.3 Å². The fraction of sp³-hybridized carbons (Fsp3) is 0.545. The Labute approximate surface area is 101 Å². The number of nitro groups is 1. The number of aromatic nitrogens is 1. The van der Waals surface area contributed by atoms with Crippen molar-refractivity contribution in [2.75, 3.05) is 25.0 Å². The molecule has 2 N–H and O–H groups in total. The molecular weight excluding hydrogens is 220 g/mol. The van der Waals surface area contributed by atoms with Crippen molar-refractivity contribution in [2.24, 2.45) is 11.1 Å². The highest BCUT2D eigenvalue weighted by atomic mass is 16.6. The molecule has 6 nitrogen and oxygen atoms in total. The van der Waals surface area contributed by atoms with E-state index in [1.807, 2.05) is 11.9 Å². The van der Waals surface area contributed by atoms with Gasteiger partial charge in [-0.1, -0.05) is 13.8 Å². The van der Waals surface area contributed by atoms with Crippen molar-refractivity contribution in [2.45, 2.75) is 13.8 Å². The lowest BCUT2D eigenvalue weighted by Crippen LogP contribution is -2.37. The largest absolute Gasteiger partial charge is 0.359 e. The molecule has 0 aromatic carbocycles. The zero-order chi connectivity index (χ0) is 13.1. The Kier molecular flexibility index (Phi) is 4.01. The summed E-state index contributed by atoms with van der Waals surface area (Å²) in [4.78, 5) is 16.0. The molecule has 17 heavy (non-hydrogen) atoms. The third kappa shape index (κ3) is 3.67. The van der Waals surface area contributed by atoms with Crippen LogP contribution in [-0.4, -0.2) is 30.0 Å². The van der Waals surface area contributed by atoms with Crippen molar-refractivity contribution in [1.82, 2.24) is 4.98 Å². The van der Waals surface area contributed by atoms with Gasteiger partial charge in [0.05, 0.1) is 4.92 Å². The molecule has 6 heteroatoms. The maximum atomic E-state index is 10.5. The van der Waals surface area contributed by atoms with E-state index < -0.39 is 4.92 Å². The fourth-order valence-corrected chi connectivity index (χ4v) is 1.50. The minimum absolute atomic E-state index is 0.000218. The summed E-state index contributed by atoms with van der Waals surface area (Å²) < 4.78 is 0. The van der Waals surface area contributed by atoms with E-state index in [0.717, 1.165) is 6.54 Å². The predicted molar refractivity (Wildman–Crippen MR) is 67.0 cm³/mol. The Bertz CT molecular complexity index is 389. The van der Waals surface area contributed by atoms with E-state index in [1.54, 1.807) is 6.07 Å². The highest BCUT2D eigenvalue weighted by molar-refractivity contribution is 5.42. The Morgan fingerprint density at radius 2 is 2.18 bits per heavy atom. The van der Waals surface area contributed by atoms with Crippen LogP contribution in [0.1, 0.15) is 13.8 Å². The van der Waals surface area contributed by atoms with E-state index in [2.05, 4.69) is 18.8 Å². The predicted octanol–water partition coefficient (Wildman–Crippen LogP) is 1.41. The van der Waals surface area contributed by atoms with Gasteiger partial charge < -0.3 is 10.6 Å². The van der Waals surface area contributed by atoms with Crippen LogP contribution < -0.4 is 10.6 Å². The molecule has 0 amide bonds. The second-order valence-electron chi connectivity index (χ2n) is 4.86. The molecule has 0 bridgehead atoms. The van der Waals surface area contributed by atoms with Crippen molar-refractivity contribution in [1.29, 1.82) is 0 Å². The van der Waals surface area contributed by atoms with Crippen LogP contribution in [0.25, 0.3) is 0 Å². The summed E-state index contributed by atoms with van der Waals surface area (Å²) in [5.74, 6) is 0.706. The molecule has 0 unspecified atom stereocenters. The second-order valence-corrected chi connectivity index (χ2v) is 4.86. The van der Waals surface area contributed by atoms with Gasteiger partial charge in [0.2, 0.25) is 0 Å². The summed E-state index contributed by atoms with van der Waals surface area (Å²) in [5, 5.41) is 10.5. The molecule has 0 aliphatic rings. The zero-order valence-electron chi connectivity index (χ0n) is 10.4. The van der Waals surface area contributed by atoms with E-state index in [9.17, 15) is 10.1 Å². The van der Waals surface area contributed by atoms with Gasteiger partial charge in [0, 0.05) is 19.7 Å². The van der Waals surface area contributed by atoms with Crippen molar-refractivity contribution in [3.05, 3.63) is 28.4 Å². The molecule has 0 aliphatic carbocycles. The van der Waals surface area contributed by atoms with Crippen LogP contribution in [0.3, 0.4) is 0 Å². The van der Waals surface area contributed by atoms with Gasteiger partial charge in [0.1, 0.15) is 12.0 Å². The molecular formula is C11H18N4O2. The average Bonchev–Trinajstić information content (AvgIpc) is 2.28. The Morgan fingerprint density at radius 1 is 1.53 bits per heavy atom. The third-order valence-electron chi connectivity index (χ3n) is 2.55. The number of rotatable bonds is 5. The summed E-state index contributed by atoms with van der Waals surface area (Å²) in [5.41, 5.74) is 5.64. The van der Waals surface area contributed by atoms with Crippen LogP contribution in [0.4, 0.5) is 11.5 Å². The van der Waals surface area contributed by atoms with Crippen LogP contribution in [0.2, 0.25) is 0 Å². The highest BCUT2D eigenvalue weighted by Gasteiger charge is 2.19. The summed E-state index contributed by atoms with van der Waals surface area (Å²) in [6.45, 7) is 5.45.